The maximum atomic E-state index is 11.7. The van der Waals surface area contributed by atoms with Gasteiger partial charge in [0, 0.05) is 12.0 Å². The number of ether oxygens (including phenoxy) is 2. The Labute approximate surface area is 133 Å². The fourth-order valence-electron chi connectivity index (χ4n) is 3.42. The third-order valence-corrected chi connectivity index (χ3v) is 4.57. The summed E-state index contributed by atoms with van der Waals surface area (Å²) < 4.78 is 10.7. The number of nitrogens with one attached hydrogen (secondary N) is 1. The predicted molar refractivity (Wildman–Crippen MR) is 83.7 cm³/mol. The van der Waals surface area contributed by atoms with E-state index in [1.807, 2.05) is 48.5 Å². The lowest BCUT2D eigenvalue weighted by atomic mass is 9.89. The normalized spacial score (nSPS) is 25.5. The van der Waals surface area contributed by atoms with E-state index in [1.54, 1.807) is 0 Å². The van der Waals surface area contributed by atoms with E-state index in [-0.39, 0.29) is 18.8 Å². The van der Waals surface area contributed by atoms with Gasteiger partial charge < -0.3 is 14.6 Å². The van der Waals surface area contributed by atoms with Gasteiger partial charge in [-0.25, -0.2) is 0 Å². The summed E-state index contributed by atoms with van der Waals surface area (Å²) in [5.74, 6) is 0.472. The van der Waals surface area contributed by atoms with Crippen LogP contribution in [-0.2, 0) is 4.79 Å². The predicted octanol–water partition coefficient (Wildman–Crippen LogP) is 2.69. The van der Waals surface area contributed by atoms with E-state index >= 15 is 0 Å². The molecule has 0 aliphatic carbocycles. The van der Waals surface area contributed by atoms with Crippen LogP contribution in [0.15, 0.2) is 48.5 Å². The Balaban J connectivity index is 1.65. The standard InChI is InChI=1S/C18H17NO4/c20-18(21)17-13(9-14(19-17)11-4-2-1-3-5-11)12-6-7-15-16(8-12)23-10-22-15/h1-8,13-14,17,19H,9-10H2,(H,20,21). The molecule has 0 radical (unpaired) electrons. The highest BCUT2D eigenvalue weighted by atomic mass is 16.7. The molecule has 1 saturated heterocycles. The minimum Gasteiger partial charge on any atom is -0.480 e. The van der Waals surface area contributed by atoms with Crippen molar-refractivity contribution in [2.45, 2.75) is 24.4 Å². The number of rotatable bonds is 3. The molecule has 2 aromatic carbocycles. The molecule has 2 N–H and O–H groups in total. The summed E-state index contributed by atoms with van der Waals surface area (Å²) in [6, 6.07) is 15.1. The molecule has 3 unspecified atom stereocenters. The van der Waals surface area contributed by atoms with Crippen LogP contribution in [-0.4, -0.2) is 23.9 Å². The number of benzene rings is 2. The molecule has 0 spiro atoms. The SMILES string of the molecule is O=C(O)C1NC(c2ccccc2)CC1c1ccc2c(c1)OCO2. The van der Waals surface area contributed by atoms with Gasteiger partial charge in [0.05, 0.1) is 0 Å². The van der Waals surface area contributed by atoms with Gasteiger partial charge in [0.15, 0.2) is 11.5 Å². The topological polar surface area (TPSA) is 67.8 Å². The molecule has 0 amide bonds. The third-order valence-electron chi connectivity index (χ3n) is 4.57. The summed E-state index contributed by atoms with van der Waals surface area (Å²) in [6.45, 7) is 0.219. The second-order valence-electron chi connectivity index (χ2n) is 5.90. The summed E-state index contributed by atoms with van der Waals surface area (Å²) in [6.07, 6.45) is 0.737. The fraction of sp³-hybridized carbons (Fsp3) is 0.278. The molecule has 2 aliphatic rings. The van der Waals surface area contributed by atoms with Crippen molar-refractivity contribution in [1.29, 1.82) is 0 Å². The molecule has 0 saturated carbocycles. The number of hydrogen-bond donors (Lipinski definition) is 2. The molecule has 0 aromatic heterocycles. The Bertz CT molecular complexity index is 731. The molecule has 5 nitrogen and oxygen atoms in total. The van der Waals surface area contributed by atoms with Gasteiger partial charge in [0.25, 0.3) is 0 Å². The first-order valence-corrected chi connectivity index (χ1v) is 7.66. The highest BCUT2D eigenvalue weighted by Crippen LogP contribution is 2.41. The van der Waals surface area contributed by atoms with Gasteiger partial charge in [-0.2, -0.15) is 0 Å². The fourth-order valence-corrected chi connectivity index (χ4v) is 3.42. The van der Waals surface area contributed by atoms with Crippen molar-refractivity contribution in [2.75, 3.05) is 6.79 Å². The lowest BCUT2D eigenvalue weighted by molar-refractivity contribution is -0.139. The molecule has 3 atom stereocenters. The molecule has 2 aromatic rings. The summed E-state index contributed by atoms with van der Waals surface area (Å²) in [4.78, 5) is 11.7. The summed E-state index contributed by atoms with van der Waals surface area (Å²) in [5.41, 5.74) is 2.08. The number of hydrogen-bond acceptors (Lipinski definition) is 4. The van der Waals surface area contributed by atoms with Crippen molar-refractivity contribution < 1.29 is 19.4 Å². The molecule has 23 heavy (non-hydrogen) atoms. The van der Waals surface area contributed by atoms with E-state index in [2.05, 4.69) is 5.32 Å². The molecule has 118 valence electrons. The van der Waals surface area contributed by atoms with Crippen LogP contribution in [0.3, 0.4) is 0 Å². The maximum absolute atomic E-state index is 11.7. The lowest BCUT2D eigenvalue weighted by Crippen LogP contribution is -2.35. The number of carboxylic acid groups (broad SMARTS) is 1. The van der Waals surface area contributed by atoms with Crippen LogP contribution in [0.4, 0.5) is 0 Å². The second-order valence-corrected chi connectivity index (χ2v) is 5.90. The van der Waals surface area contributed by atoms with E-state index in [9.17, 15) is 9.90 Å². The second kappa shape index (κ2) is 5.59. The summed E-state index contributed by atoms with van der Waals surface area (Å²) in [5, 5.41) is 12.8. The van der Waals surface area contributed by atoms with Crippen LogP contribution >= 0.6 is 0 Å². The van der Waals surface area contributed by atoms with Crippen LogP contribution in [0.25, 0.3) is 0 Å². The van der Waals surface area contributed by atoms with Gasteiger partial charge in [-0.1, -0.05) is 36.4 Å². The van der Waals surface area contributed by atoms with Gasteiger partial charge in [0.2, 0.25) is 6.79 Å². The third kappa shape index (κ3) is 2.53. The zero-order chi connectivity index (χ0) is 15.8. The molecular formula is C18H17NO4. The van der Waals surface area contributed by atoms with E-state index in [0.29, 0.717) is 11.5 Å². The smallest absolute Gasteiger partial charge is 0.321 e. The van der Waals surface area contributed by atoms with E-state index in [4.69, 9.17) is 9.47 Å². The van der Waals surface area contributed by atoms with Gasteiger partial charge in [-0.05, 0) is 29.7 Å². The molecule has 2 heterocycles. The quantitative estimate of drug-likeness (QED) is 0.912. The van der Waals surface area contributed by atoms with Crippen molar-refractivity contribution in [1.82, 2.24) is 5.32 Å². The molecule has 5 heteroatoms. The van der Waals surface area contributed by atoms with Gasteiger partial charge in [0.1, 0.15) is 6.04 Å². The Morgan fingerprint density at radius 2 is 1.83 bits per heavy atom. The number of carboxylic acids is 1. The molecule has 0 bridgehead atoms. The largest absolute Gasteiger partial charge is 0.480 e. The maximum Gasteiger partial charge on any atom is 0.321 e. The van der Waals surface area contributed by atoms with Crippen LogP contribution < -0.4 is 14.8 Å². The van der Waals surface area contributed by atoms with Crippen molar-refractivity contribution >= 4 is 5.97 Å². The van der Waals surface area contributed by atoms with Crippen molar-refractivity contribution in [3.8, 4) is 11.5 Å². The zero-order valence-corrected chi connectivity index (χ0v) is 12.4. The van der Waals surface area contributed by atoms with Crippen molar-refractivity contribution in [3.63, 3.8) is 0 Å². The van der Waals surface area contributed by atoms with Crippen LogP contribution in [0.5, 0.6) is 11.5 Å². The Morgan fingerprint density at radius 3 is 2.61 bits per heavy atom. The van der Waals surface area contributed by atoms with Gasteiger partial charge in [-0.15, -0.1) is 0 Å². The van der Waals surface area contributed by atoms with Crippen molar-refractivity contribution in [2.24, 2.45) is 0 Å². The average Bonchev–Trinajstić information content (AvgIpc) is 3.22. The Kier molecular flexibility index (Phi) is 3.42. The highest BCUT2D eigenvalue weighted by Gasteiger charge is 2.40. The highest BCUT2D eigenvalue weighted by molar-refractivity contribution is 5.76. The van der Waals surface area contributed by atoms with Crippen LogP contribution in [0.2, 0.25) is 0 Å². The van der Waals surface area contributed by atoms with E-state index < -0.39 is 12.0 Å². The van der Waals surface area contributed by atoms with Gasteiger partial charge >= 0.3 is 5.97 Å². The first-order valence-electron chi connectivity index (χ1n) is 7.66. The first-order chi connectivity index (χ1) is 11.2. The summed E-state index contributed by atoms with van der Waals surface area (Å²) in [7, 11) is 0. The Morgan fingerprint density at radius 1 is 1.04 bits per heavy atom. The molecular weight excluding hydrogens is 294 g/mol. The average molecular weight is 311 g/mol. The number of carbonyl (C=O) groups is 1. The van der Waals surface area contributed by atoms with E-state index in [0.717, 1.165) is 17.5 Å². The Hall–Kier alpha value is -2.53. The number of fused-ring (bicyclic) bond motifs is 1. The first kappa shape index (κ1) is 14.1. The van der Waals surface area contributed by atoms with E-state index in [1.165, 1.54) is 0 Å². The monoisotopic (exact) mass is 311 g/mol. The number of aliphatic carboxylic acids is 1. The molecule has 1 fully saturated rings. The molecule has 4 rings (SSSR count). The van der Waals surface area contributed by atoms with Gasteiger partial charge in [-0.3, -0.25) is 10.1 Å². The lowest BCUT2D eigenvalue weighted by Gasteiger charge is -2.15. The van der Waals surface area contributed by atoms with Crippen LogP contribution in [0, 0.1) is 0 Å². The summed E-state index contributed by atoms with van der Waals surface area (Å²) >= 11 is 0. The minimum atomic E-state index is -0.828. The van der Waals surface area contributed by atoms with Crippen LogP contribution in [0.1, 0.15) is 29.5 Å². The zero-order valence-electron chi connectivity index (χ0n) is 12.4. The minimum absolute atomic E-state index is 0.0349. The van der Waals surface area contributed by atoms with Crippen molar-refractivity contribution in [3.05, 3.63) is 59.7 Å². The molecule has 2 aliphatic heterocycles.